The normalized spacial score (nSPS) is 16.9. The van der Waals surface area contributed by atoms with Crippen molar-refractivity contribution >= 4 is 28.5 Å². The van der Waals surface area contributed by atoms with Gasteiger partial charge in [-0.3, -0.25) is 9.69 Å². The third-order valence-corrected chi connectivity index (χ3v) is 3.94. The Morgan fingerprint density at radius 1 is 1.28 bits per heavy atom. The van der Waals surface area contributed by atoms with Gasteiger partial charge in [0, 0.05) is 35.3 Å². The maximum Gasteiger partial charge on any atom is 0.253 e. The summed E-state index contributed by atoms with van der Waals surface area (Å²) in [5.74, 6) is 0.171. The van der Waals surface area contributed by atoms with Gasteiger partial charge >= 0.3 is 0 Å². The van der Waals surface area contributed by atoms with Crippen LogP contribution in [0.2, 0.25) is 0 Å². The Morgan fingerprint density at radius 2 is 2.00 bits per heavy atom. The summed E-state index contributed by atoms with van der Waals surface area (Å²) in [7, 11) is 0. The molecule has 1 saturated heterocycles. The number of hydrogen-bond donors (Lipinski definition) is 0. The highest BCUT2D eigenvalue weighted by molar-refractivity contribution is 14.1. The predicted molar refractivity (Wildman–Crippen MR) is 81.8 cm³/mol. The van der Waals surface area contributed by atoms with Crippen LogP contribution in [0.1, 0.15) is 23.7 Å². The second-order valence-electron chi connectivity index (χ2n) is 4.64. The molecule has 4 heteroatoms. The number of carbonyl (C=O) groups is 1. The molecule has 0 radical (unpaired) electrons. The molecule has 0 N–H and O–H groups in total. The van der Waals surface area contributed by atoms with Gasteiger partial charge in [0.1, 0.15) is 0 Å². The van der Waals surface area contributed by atoms with Crippen molar-refractivity contribution < 1.29 is 4.79 Å². The second-order valence-corrected chi connectivity index (χ2v) is 5.89. The lowest BCUT2D eigenvalue weighted by atomic mass is 10.2. The fourth-order valence-electron chi connectivity index (χ4n) is 2.29. The molecule has 2 rings (SSSR count). The number of nitrogens with zero attached hydrogens (tertiary/aromatic N) is 2. The Morgan fingerprint density at radius 3 is 2.61 bits per heavy atom. The molecule has 1 aliphatic rings. The first-order valence-electron chi connectivity index (χ1n) is 6.48. The van der Waals surface area contributed by atoms with Crippen LogP contribution in [-0.2, 0) is 0 Å². The van der Waals surface area contributed by atoms with Crippen molar-refractivity contribution in [1.82, 2.24) is 9.80 Å². The molecule has 1 amide bonds. The minimum Gasteiger partial charge on any atom is -0.336 e. The zero-order valence-electron chi connectivity index (χ0n) is 10.7. The van der Waals surface area contributed by atoms with E-state index in [2.05, 4.69) is 34.4 Å². The van der Waals surface area contributed by atoms with Crippen molar-refractivity contribution in [3.05, 3.63) is 33.4 Å². The molecule has 3 nitrogen and oxygen atoms in total. The average Bonchev–Trinajstić information content (AvgIpc) is 2.39. The van der Waals surface area contributed by atoms with Gasteiger partial charge in [0.05, 0.1) is 0 Å². The third-order valence-electron chi connectivity index (χ3n) is 3.27. The molecule has 0 bridgehead atoms. The van der Waals surface area contributed by atoms with E-state index >= 15 is 0 Å². The van der Waals surface area contributed by atoms with Crippen LogP contribution in [0.15, 0.2) is 24.3 Å². The fraction of sp³-hybridized carbons (Fsp3) is 0.500. The van der Waals surface area contributed by atoms with Crippen LogP contribution in [0.4, 0.5) is 0 Å². The van der Waals surface area contributed by atoms with Gasteiger partial charge in [-0.2, -0.15) is 0 Å². The van der Waals surface area contributed by atoms with E-state index in [1.807, 2.05) is 29.2 Å². The quantitative estimate of drug-likeness (QED) is 0.775. The van der Waals surface area contributed by atoms with Gasteiger partial charge in [-0.15, -0.1) is 0 Å². The summed E-state index contributed by atoms with van der Waals surface area (Å²) >= 11 is 2.24. The van der Waals surface area contributed by atoms with E-state index in [0.717, 1.165) is 41.9 Å². The topological polar surface area (TPSA) is 23.6 Å². The van der Waals surface area contributed by atoms with Crippen LogP contribution in [0.3, 0.4) is 0 Å². The maximum atomic E-state index is 12.3. The van der Waals surface area contributed by atoms with E-state index in [0.29, 0.717) is 0 Å². The molecule has 1 fully saturated rings. The van der Waals surface area contributed by atoms with Crippen molar-refractivity contribution in [3.63, 3.8) is 0 Å². The highest BCUT2D eigenvalue weighted by atomic mass is 127. The largest absolute Gasteiger partial charge is 0.336 e. The molecular weight excluding hydrogens is 339 g/mol. The highest BCUT2D eigenvalue weighted by Crippen LogP contribution is 2.12. The Bertz CT molecular complexity index is 414. The lowest BCUT2D eigenvalue weighted by Crippen LogP contribution is -2.48. The summed E-state index contributed by atoms with van der Waals surface area (Å²) < 4.78 is 1.11. The Hall–Kier alpha value is -0.620. The predicted octanol–water partition coefficient (Wildman–Crippen LogP) is 2.46. The zero-order chi connectivity index (χ0) is 13.0. The number of halogens is 1. The molecule has 1 aliphatic heterocycles. The molecule has 18 heavy (non-hydrogen) atoms. The van der Waals surface area contributed by atoms with E-state index in [9.17, 15) is 4.79 Å². The lowest BCUT2D eigenvalue weighted by molar-refractivity contribution is 0.0637. The maximum absolute atomic E-state index is 12.3. The van der Waals surface area contributed by atoms with Crippen molar-refractivity contribution in [2.45, 2.75) is 13.3 Å². The summed E-state index contributed by atoms with van der Waals surface area (Å²) in [6.45, 7) is 7.05. The second kappa shape index (κ2) is 6.52. The first kappa shape index (κ1) is 13.8. The van der Waals surface area contributed by atoms with Gasteiger partial charge < -0.3 is 4.90 Å². The van der Waals surface area contributed by atoms with Crippen LogP contribution in [0.25, 0.3) is 0 Å². The number of benzene rings is 1. The molecule has 0 unspecified atom stereocenters. The molecule has 1 heterocycles. The SMILES string of the molecule is CCCN1CCN(C(=O)c2cccc(I)c2)CC1. The summed E-state index contributed by atoms with van der Waals surface area (Å²) in [5, 5.41) is 0. The minimum atomic E-state index is 0.171. The monoisotopic (exact) mass is 358 g/mol. The standard InChI is InChI=1S/C14H19IN2O/c1-2-6-16-7-9-17(10-8-16)14(18)12-4-3-5-13(15)11-12/h3-5,11H,2,6-10H2,1H3. The number of hydrogen-bond acceptors (Lipinski definition) is 2. The fourth-order valence-corrected chi connectivity index (χ4v) is 2.84. The Balaban J connectivity index is 1.95. The number of carbonyl (C=O) groups excluding carboxylic acids is 1. The Kier molecular flexibility index (Phi) is 5.00. The van der Waals surface area contributed by atoms with Gasteiger partial charge in [-0.1, -0.05) is 13.0 Å². The molecule has 0 spiro atoms. The number of rotatable bonds is 3. The summed E-state index contributed by atoms with van der Waals surface area (Å²) in [6.07, 6.45) is 1.19. The van der Waals surface area contributed by atoms with E-state index in [1.165, 1.54) is 6.42 Å². The van der Waals surface area contributed by atoms with Gasteiger partial charge in [0.15, 0.2) is 0 Å². The van der Waals surface area contributed by atoms with Gasteiger partial charge in [-0.25, -0.2) is 0 Å². The molecular formula is C14H19IN2O. The average molecular weight is 358 g/mol. The number of piperazine rings is 1. The number of amides is 1. The van der Waals surface area contributed by atoms with Crippen molar-refractivity contribution in [1.29, 1.82) is 0 Å². The molecule has 1 aromatic rings. The molecule has 0 aromatic heterocycles. The van der Waals surface area contributed by atoms with Crippen LogP contribution >= 0.6 is 22.6 Å². The zero-order valence-corrected chi connectivity index (χ0v) is 12.9. The molecule has 0 atom stereocenters. The van der Waals surface area contributed by atoms with Crippen LogP contribution in [-0.4, -0.2) is 48.4 Å². The first-order valence-corrected chi connectivity index (χ1v) is 7.56. The smallest absolute Gasteiger partial charge is 0.253 e. The van der Waals surface area contributed by atoms with E-state index in [4.69, 9.17) is 0 Å². The first-order chi connectivity index (χ1) is 8.70. The van der Waals surface area contributed by atoms with E-state index in [1.54, 1.807) is 0 Å². The summed E-state index contributed by atoms with van der Waals surface area (Å²) in [6, 6.07) is 7.82. The van der Waals surface area contributed by atoms with Crippen molar-refractivity contribution in [2.75, 3.05) is 32.7 Å². The molecule has 98 valence electrons. The third kappa shape index (κ3) is 3.45. The highest BCUT2D eigenvalue weighted by Gasteiger charge is 2.21. The van der Waals surface area contributed by atoms with Gasteiger partial charge in [0.2, 0.25) is 0 Å². The molecule has 0 aliphatic carbocycles. The minimum absolute atomic E-state index is 0.171. The lowest BCUT2D eigenvalue weighted by Gasteiger charge is -2.34. The van der Waals surface area contributed by atoms with Crippen LogP contribution in [0.5, 0.6) is 0 Å². The van der Waals surface area contributed by atoms with E-state index in [-0.39, 0.29) is 5.91 Å². The van der Waals surface area contributed by atoms with Crippen LogP contribution in [0, 0.1) is 3.57 Å². The molecule has 1 aromatic carbocycles. The summed E-state index contributed by atoms with van der Waals surface area (Å²) in [5.41, 5.74) is 0.811. The molecule has 0 saturated carbocycles. The van der Waals surface area contributed by atoms with Gasteiger partial charge in [0.25, 0.3) is 5.91 Å². The van der Waals surface area contributed by atoms with Crippen LogP contribution < -0.4 is 0 Å². The van der Waals surface area contributed by atoms with Crippen molar-refractivity contribution in [2.24, 2.45) is 0 Å². The summed E-state index contributed by atoms with van der Waals surface area (Å²) in [4.78, 5) is 16.7. The van der Waals surface area contributed by atoms with Gasteiger partial charge in [-0.05, 0) is 53.8 Å². The Labute approximate surface area is 122 Å². The van der Waals surface area contributed by atoms with E-state index < -0.39 is 0 Å². The van der Waals surface area contributed by atoms with Crippen molar-refractivity contribution in [3.8, 4) is 0 Å².